The van der Waals surface area contributed by atoms with Crippen molar-refractivity contribution in [2.24, 2.45) is 5.92 Å². The van der Waals surface area contributed by atoms with Gasteiger partial charge in [-0.3, -0.25) is 14.5 Å². The van der Waals surface area contributed by atoms with Crippen molar-refractivity contribution in [3.05, 3.63) is 60.4 Å². The van der Waals surface area contributed by atoms with E-state index >= 15 is 0 Å². The molecule has 34 heavy (non-hydrogen) atoms. The fourth-order valence-electron chi connectivity index (χ4n) is 3.83. The van der Waals surface area contributed by atoms with Crippen molar-refractivity contribution in [1.29, 1.82) is 0 Å². The van der Waals surface area contributed by atoms with Gasteiger partial charge in [0.1, 0.15) is 11.9 Å². The molecule has 8 nitrogen and oxygen atoms in total. The predicted octanol–water partition coefficient (Wildman–Crippen LogP) is 2.46. The second kappa shape index (κ2) is 11.5. The number of carbonyl (C=O) groups is 2. The van der Waals surface area contributed by atoms with Crippen molar-refractivity contribution in [2.75, 3.05) is 24.6 Å². The van der Waals surface area contributed by atoms with E-state index < -0.39 is 34.3 Å². The van der Waals surface area contributed by atoms with Crippen LogP contribution in [0.25, 0.3) is 0 Å². The van der Waals surface area contributed by atoms with Gasteiger partial charge in [-0.2, -0.15) is 0 Å². The van der Waals surface area contributed by atoms with Crippen LogP contribution in [0.3, 0.4) is 0 Å². The van der Waals surface area contributed by atoms with Crippen LogP contribution in [0.4, 0.5) is 10.1 Å². The van der Waals surface area contributed by atoms with E-state index in [2.05, 4.69) is 10.0 Å². The van der Waals surface area contributed by atoms with Crippen LogP contribution in [0.15, 0.2) is 59.5 Å². The average molecular weight is 492 g/mol. The van der Waals surface area contributed by atoms with Gasteiger partial charge in [0, 0.05) is 18.8 Å². The molecule has 1 heterocycles. The van der Waals surface area contributed by atoms with Crippen molar-refractivity contribution in [3.8, 4) is 0 Å². The lowest BCUT2D eigenvalue weighted by molar-refractivity contribution is -0.127. The highest BCUT2D eigenvalue weighted by atomic mass is 32.2. The van der Waals surface area contributed by atoms with Crippen molar-refractivity contribution in [2.45, 2.75) is 43.7 Å². The number of para-hydroxylation sites is 1. The molecule has 2 aromatic carbocycles. The maximum absolute atomic E-state index is 13.3. The van der Waals surface area contributed by atoms with Crippen molar-refractivity contribution in [1.82, 2.24) is 10.0 Å². The van der Waals surface area contributed by atoms with Gasteiger partial charge in [-0.05, 0) is 55.2 Å². The van der Waals surface area contributed by atoms with Crippen molar-refractivity contribution < 1.29 is 27.1 Å². The van der Waals surface area contributed by atoms with E-state index in [1.165, 1.54) is 4.90 Å². The molecule has 2 N–H and O–H groups in total. The third-order valence-electron chi connectivity index (χ3n) is 5.55. The summed E-state index contributed by atoms with van der Waals surface area (Å²) in [6.45, 7) is 4.08. The van der Waals surface area contributed by atoms with E-state index in [0.717, 1.165) is 37.1 Å². The predicted molar refractivity (Wildman–Crippen MR) is 126 cm³/mol. The Bertz CT molecular complexity index is 1070. The van der Waals surface area contributed by atoms with Gasteiger partial charge in [0.2, 0.25) is 21.8 Å². The molecular weight excluding hydrogens is 461 g/mol. The Morgan fingerprint density at radius 1 is 1.12 bits per heavy atom. The summed E-state index contributed by atoms with van der Waals surface area (Å²) in [5, 5.41) is 2.88. The highest BCUT2D eigenvalue weighted by Gasteiger charge is 2.34. The molecule has 184 valence electrons. The highest BCUT2D eigenvalue weighted by molar-refractivity contribution is 7.89. The van der Waals surface area contributed by atoms with E-state index in [9.17, 15) is 22.4 Å². The fraction of sp³-hybridized carbons (Fsp3) is 0.417. The Hall–Kier alpha value is -2.82. The number of ether oxygens (including phenoxy) is 1. The number of benzene rings is 2. The van der Waals surface area contributed by atoms with Crippen molar-refractivity contribution in [3.63, 3.8) is 0 Å². The minimum Gasteiger partial charge on any atom is -0.376 e. The number of hydrogen-bond acceptors (Lipinski definition) is 5. The zero-order chi connectivity index (χ0) is 24.7. The van der Waals surface area contributed by atoms with Gasteiger partial charge >= 0.3 is 0 Å². The topological polar surface area (TPSA) is 105 Å². The number of rotatable bonds is 10. The largest absolute Gasteiger partial charge is 0.376 e. The lowest BCUT2D eigenvalue weighted by Gasteiger charge is -2.34. The molecule has 3 rings (SSSR count). The first-order chi connectivity index (χ1) is 16.2. The molecule has 1 fully saturated rings. The Morgan fingerprint density at radius 3 is 2.38 bits per heavy atom. The molecule has 0 radical (unpaired) electrons. The number of halogens is 1. The van der Waals surface area contributed by atoms with E-state index in [-0.39, 0.29) is 22.8 Å². The zero-order valence-electron chi connectivity index (χ0n) is 19.2. The van der Waals surface area contributed by atoms with Crippen LogP contribution < -0.4 is 14.9 Å². The maximum Gasteiger partial charge on any atom is 0.243 e. The van der Waals surface area contributed by atoms with E-state index in [0.29, 0.717) is 18.8 Å². The lowest BCUT2D eigenvalue weighted by Crippen LogP contribution is -2.55. The van der Waals surface area contributed by atoms with Gasteiger partial charge in [0.15, 0.2) is 0 Å². The Morgan fingerprint density at radius 2 is 1.79 bits per heavy atom. The highest BCUT2D eigenvalue weighted by Crippen LogP contribution is 2.22. The molecule has 1 aliphatic heterocycles. The number of hydrogen-bond donors (Lipinski definition) is 2. The number of nitrogens with zero attached hydrogens (tertiary/aromatic N) is 1. The van der Waals surface area contributed by atoms with Crippen LogP contribution in [-0.2, 0) is 24.3 Å². The monoisotopic (exact) mass is 491 g/mol. The normalized spacial score (nSPS) is 16.9. The first kappa shape index (κ1) is 25.8. The summed E-state index contributed by atoms with van der Waals surface area (Å²) in [4.78, 5) is 27.7. The second-order valence-electron chi connectivity index (χ2n) is 8.45. The summed E-state index contributed by atoms with van der Waals surface area (Å²) in [5.74, 6) is -1.77. The Kier molecular flexibility index (Phi) is 8.76. The molecule has 0 aliphatic carbocycles. The molecule has 1 saturated heterocycles. The molecule has 2 amide bonds. The van der Waals surface area contributed by atoms with Crippen LogP contribution in [0.2, 0.25) is 0 Å². The first-order valence-electron chi connectivity index (χ1n) is 11.2. The van der Waals surface area contributed by atoms with Crippen LogP contribution in [0.5, 0.6) is 0 Å². The minimum atomic E-state index is -4.06. The van der Waals surface area contributed by atoms with Gasteiger partial charge in [-0.1, -0.05) is 32.0 Å². The lowest BCUT2D eigenvalue weighted by atomic mass is 10.00. The van der Waals surface area contributed by atoms with Crippen molar-refractivity contribution >= 4 is 27.5 Å². The average Bonchev–Trinajstić information content (AvgIpc) is 3.34. The molecule has 0 aromatic heterocycles. The number of amides is 2. The van der Waals surface area contributed by atoms with Crippen LogP contribution in [0, 0.1) is 11.7 Å². The quantitative estimate of drug-likeness (QED) is 0.531. The number of anilines is 1. The molecule has 0 unspecified atom stereocenters. The third kappa shape index (κ3) is 6.62. The summed E-state index contributed by atoms with van der Waals surface area (Å²) in [5.41, 5.74) is 0.472. The van der Waals surface area contributed by atoms with Gasteiger partial charge in [-0.25, -0.2) is 17.5 Å². The zero-order valence-corrected chi connectivity index (χ0v) is 20.1. The molecule has 0 spiro atoms. The first-order valence-corrected chi connectivity index (χ1v) is 12.7. The van der Waals surface area contributed by atoms with Gasteiger partial charge in [-0.15, -0.1) is 0 Å². The molecule has 1 aliphatic rings. The van der Waals surface area contributed by atoms with Crippen LogP contribution in [-0.4, -0.2) is 52.1 Å². The molecule has 0 saturated carbocycles. The van der Waals surface area contributed by atoms with Gasteiger partial charge in [0.05, 0.1) is 17.5 Å². The third-order valence-corrected chi connectivity index (χ3v) is 6.96. The summed E-state index contributed by atoms with van der Waals surface area (Å²) < 4.78 is 46.2. The second-order valence-corrected chi connectivity index (χ2v) is 10.2. The minimum absolute atomic E-state index is 0.0554. The summed E-state index contributed by atoms with van der Waals surface area (Å²) >= 11 is 0. The standard InChI is InChI=1S/C24H30FN3O5S/c1-17(2)23(24(30)26-15-20-9-6-14-33-20)28(19-7-4-3-5-8-19)22(29)16-27-34(31,32)21-12-10-18(25)11-13-21/h3-5,7-8,10-13,17,20,23,27H,6,9,14-16H2,1-2H3,(H,26,30)/t20-,23+/m0/s1. The number of nitrogens with one attached hydrogen (secondary N) is 2. The SMILES string of the molecule is CC(C)[C@H](C(=O)NC[C@@H]1CCCO1)N(C(=O)CNS(=O)(=O)c1ccc(F)cc1)c1ccccc1. The number of carbonyl (C=O) groups excluding carboxylic acids is 2. The van der Waals surface area contributed by atoms with E-state index in [4.69, 9.17) is 4.74 Å². The van der Waals surface area contributed by atoms with Gasteiger partial charge < -0.3 is 10.1 Å². The Balaban J connectivity index is 1.80. The fourth-order valence-corrected chi connectivity index (χ4v) is 4.80. The molecule has 2 atom stereocenters. The molecular formula is C24H30FN3O5S. The van der Waals surface area contributed by atoms with E-state index in [1.807, 2.05) is 13.8 Å². The van der Waals surface area contributed by atoms with E-state index in [1.54, 1.807) is 30.3 Å². The Labute approximate surface area is 199 Å². The maximum atomic E-state index is 13.3. The van der Waals surface area contributed by atoms with Crippen LogP contribution in [0.1, 0.15) is 26.7 Å². The summed E-state index contributed by atoms with van der Waals surface area (Å²) in [6, 6.07) is 12.1. The summed E-state index contributed by atoms with van der Waals surface area (Å²) in [7, 11) is -4.06. The van der Waals surface area contributed by atoms with Crippen LogP contribution >= 0.6 is 0 Å². The smallest absolute Gasteiger partial charge is 0.243 e. The molecule has 0 bridgehead atoms. The van der Waals surface area contributed by atoms with Gasteiger partial charge in [0.25, 0.3) is 0 Å². The summed E-state index contributed by atoms with van der Waals surface area (Å²) in [6.07, 6.45) is 1.75. The number of sulfonamides is 1. The molecule has 2 aromatic rings. The molecule has 10 heteroatoms.